The molecule has 1 amide bonds. The number of hydrogen-bond acceptors (Lipinski definition) is 2. The molecule has 3 nitrogen and oxygen atoms in total. The largest absolute Gasteiger partial charge is 0.342 e. The maximum Gasteiger partial charge on any atom is 0.255 e. The number of carbonyl (C=O) groups is 1. The average molecular weight is 208 g/mol. The number of pyridine rings is 1. The number of nitrogens with zero attached hydrogens (tertiary/aromatic N) is 2. The predicted octanol–water partition coefficient (Wildman–Crippen LogP) is 2.59. The van der Waals surface area contributed by atoms with E-state index in [1.165, 1.54) is 0 Å². The number of amides is 1. The molecular weight excluding hydrogens is 188 g/mol. The molecule has 0 N–H and O–H groups in total. The minimum Gasteiger partial charge on any atom is -0.342 e. The molecule has 84 valence electrons. The van der Waals surface area contributed by atoms with Crippen LogP contribution in [0.25, 0.3) is 0 Å². The molecule has 1 aromatic rings. The molecule has 0 saturated carbocycles. The number of hydrogen-bond donors (Lipinski definition) is 0. The fourth-order valence-electron chi connectivity index (χ4n) is 1.15. The lowest BCUT2D eigenvalue weighted by Gasteiger charge is -2.15. The molecule has 0 bridgehead atoms. The third-order valence-electron chi connectivity index (χ3n) is 1.81. The first-order valence-corrected chi connectivity index (χ1v) is 5.41. The zero-order valence-electron chi connectivity index (χ0n) is 10.0. The van der Waals surface area contributed by atoms with Gasteiger partial charge in [-0.15, -0.1) is 0 Å². The third-order valence-corrected chi connectivity index (χ3v) is 1.81. The highest BCUT2D eigenvalue weighted by Crippen LogP contribution is 2.01. The molecule has 1 aromatic heterocycles. The summed E-state index contributed by atoms with van der Waals surface area (Å²) in [5.74, 6) is 0.0370. The first-order valence-electron chi connectivity index (χ1n) is 5.41. The number of aromatic nitrogens is 1. The minimum absolute atomic E-state index is 0.0370. The van der Waals surface area contributed by atoms with Crippen molar-refractivity contribution in [1.82, 2.24) is 9.88 Å². The van der Waals surface area contributed by atoms with Crippen molar-refractivity contribution in [2.24, 2.45) is 0 Å². The van der Waals surface area contributed by atoms with Gasteiger partial charge in [-0.1, -0.05) is 20.8 Å². The highest BCUT2D eigenvalue weighted by molar-refractivity contribution is 5.93. The summed E-state index contributed by atoms with van der Waals surface area (Å²) >= 11 is 0. The van der Waals surface area contributed by atoms with Crippen molar-refractivity contribution in [3.8, 4) is 0 Å². The Morgan fingerprint density at radius 3 is 2.60 bits per heavy atom. The molecule has 0 spiro atoms. The molecule has 1 rings (SSSR count). The molecule has 0 fully saturated rings. The Balaban J connectivity index is 0.000000921. The summed E-state index contributed by atoms with van der Waals surface area (Å²) in [6.07, 6.45) is 4.23. The molecular formula is C12H20N2O. The van der Waals surface area contributed by atoms with E-state index in [-0.39, 0.29) is 5.91 Å². The molecule has 0 aliphatic heterocycles. The normalized spacial score (nSPS) is 8.80. The van der Waals surface area contributed by atoms with Gasteiger partial charge >= 0.3 is 0 Å². The van der Waals surface area contributed by atoms with Crippen LogP contribution in [0.4, 0.5) is 0 Å². The van der Waals surface area contributed by atoms with Crippen LogP contribution in [0, 0.1) is 0 Å². The van der Waals surface area contributed by atoms with Gasteiger partial charge in [-0.05, 0) is 18.6 Å². The second-order valence-electron chi connectivity index (χ2n) is 2.97. The van der Waals surface area contributed by atoms with Crippen LogP contribution in [-0.2, 0) is 0 Å². The van der Waals surface area contributed by atoms with E-state index < -0.39 is 0 Å². The summed E-state index contributed by atoms with van der Waals surface area (Å²) in [5.41, 5.74) is 0.651. The molecule has 0 radical (unpaired) electrons. The lowest BCUT2D eigenvalue weighted by atomic mass is 10.2. The molecule has 0 aliphatic carbocycles. The van der Waals surface area contributed by atoms with E-state index in [4.69, 9.17) is 0 Å². The van der Waals surface area contributed by atoms with Gasteiger partial charge in [0.05, 0.1) is 5.56 Å². The lowest BCUT2D eigenvalue weighted by molar-refractivity contribution is 0.0794. The van der Waals surface area contributed by atoms with E-state index >= 15 is 0 Å². The zero-order valence-corrected chi connectivity index (χ0v) is 10.0. The predicted molar refractivity (Wildman–Crippen MR) is 62.8 cm³/mol. The monoisotopic (exact) mass is 208 g/mol. The highest BCUT2D eigenvalue weighted by atomic mass is 16.2. The van der Waals surface area contributed by atoms with Gasteiger partial charge in [-0.3, -0.25) is 9.78 Å². The van der Waals surface area contributed by atoms with Crippen molar-refractivity contribution in [1.29, 1.82) is 0 Å². The van der Waals surface area contributed by atoms with Gasteiger partial charge in [0.1, 0.15) is 0 Å². The fourth-order valence-corrected chi connectivity index (χ4v) is 1.15. The Kier molecular flexibility index (Phi) is 7.24. The highest BCUT2D eigenvalue weighted by Gasteiger charge is 2.09. The smallest absolute Gasteiger partial charge is 0.255 e. The van der Waals surface area contributed by atoms with Gasteiger partial charge in [0, 0.05) is 26.0 Å². The van der Waals surface area contributed by atoms with Crippen LogP contribution in [-0.4, -0.2) is 29.4 Å². The van der Waals surface area contributed by atoms with Crippen LogP contribution in [0.5, 0.6) is 0 Å². The van der Waals surface area contributed by atoms with Crippen molar-refractivity contribution < 1.29 is 4.79 Å². The van der Waals surface area contributed by atoms with E-state index in [9.17, 15) is 4.79 Å². The SMILES string of the molecule is CC.CCCN(C)C(=O)c1cccnc1. The molecule has 1 heterocycles. The lowest BCUT2D eigenvalue weighted by Crippen LogP contribution is -2.27. The number of rotatable bonds is 3. The van der Waals surface area contributed by atoms with E-state index in [1.807, 2.05) is 20.8 Å². The Labute approximate surface area is 92.1 Å². The van der Waals surface area contributed by atoms with Crippen LogP contribution >= 0.6 is 0 Å². The van der Waals surface area contributed by atoms with Crippen molar-refractivity contribution in [2.45, 2.75) is 27.2 Å². The topological polar surface area (TPSA) is 33.2 Å². The Bertz CT molecular complexity index is 272. The Morgan fingerprint density at radius 1 is 1.47 bits per heavy atom. The molecule has 0 saturated heterocycles. The summed E-state index contributed by atoms with van der Waals surface area (Å²) in [4.78, 5) is 17.2. The van der Waals surface area contributed by atoms with Gasteiger partial charge in [0.2, 0.25) is 0 Å². The zero-order chi connectivity index (χ0) is 11.7. The van der Waals surface area contributed by atoms with Crippen molar-refractivity contribution >= 4 is 5.91 Å². The van der Waals surface area contributed by atoms with Gasteiger partial charge in [-0.25, -0.2) is 0 Å². The fraction of sp³-hybridized carbons (Fsp3) is 0.500. The van der Waals surface area contributed by atoms with Crippen LogP contribution in [0.1, 0.15) is 37.6 Å². The van der Waals surface area contributed by atoms with Crippen LogP contribution < -0.4 is 0 Å². The van der Waals surface area contributed by atoms with E-state index in [0.717, 1.165) is 13.0 Å². The maximum absolute atomic E-state index is 11.6. The van der Waals surface area contributed by atoms with E-state index in [1.54, 1.807) is 36.5 Å². The van der Waals surface area contributed by atoms with E-state index in [2.05, 4.69) is 4.98 Å². The average Bonchev–Trinajstić information content (AvgIpc) is 2.32. The standard InChI is InChI=1S/C10H14N2O.C2H6/c1-3-7-12(2)10(13)9-5-4-6-11-8-9;1-2/h4-6,8H,3,7H2,1-2H3;1-2H3. The van der Waals surface area contributed by atoms with Crippen LogP contribution in [0.2, 0.25) is 0 Å². The number of carbonyl (C=O) groups excluding carboxylic acids is 1. The van der Waals surface area contributed by atoms with Crippen molar-refractivity contribution in [2.75, 3.05) is 13.6 Å². The first kappa shape index (κ1) is 13.6. The molecule has 0 aromatic carbocycles. The second kappa shape index (κ2) is 7.97. The van der Waals surface area contributed by atoms with Gasteiger partial charge in [0.15, 0.2) is 0 Å². The van der Waals surface area contributed by atoms with E-state index in [0.29, 0.717) is 5.56 Å². The minimum atomic E-state index is 0.0370. The quantitative estimate of drug-likeness (QED) is 0.765. The van der Waals surface area contributed by atoms with Gasteiger partial charge < -0.3 is 4.90 Å². The molecule has 0 unspecified atom stereocenters. The summed E-state index contributed by atoms with van der Waals surface area (Å²) in [7, 11) is 1.80. The maximum atomic E-state index is 11.6. The molecule has 3 heteroatoms. The van der Waals surface area contributed by atoms with Crippen LogP contribution in [0.15, 0.2) is 24.5 Å². The van der Waals surface area contributed by atoms with Crippen molar-refractivity contribution in [3.05, 3.63) is 30.1 Å². The summed E-state index contributed by atoms with van der Waals surface area (Å²) in [5, 5.41) is 0. The van der Waals surface area contributed by atoms with Crippen LogP contribution in [0.3, 0.4) is 0 Å². The molecule has 0 aliphatic rings. The summed E-state index contributed by atoms with van der Waals surface area (Å²) in [6.45, 7) is 6.83. The molecule has 0 atom stereocenters. The summed E-state index contributed by atoms with van der Waals surface area (Å²) < 4.78 is 0. The summed E-state index contributed by atoms with van der Waals surface area (Å²) in [6, 6.07) is 3.55. The van der Waals surface area contributed by atoms with Crippen molar-refractivity contribution in [3.63, 3.8) is 0 Å². The van der Waals surface area contributed by atoms with Gasteiger partial charge in [-0.2, -0.15) is 0 Å². The third kappa shape index (κ3) is 4.58. The van der Waals surface area contributed by atoms with Gasteiger partial charge in [0.25, 0.3) is 5.91 Å². The molecule has 15 heavy (non-hydrogen) atoms. The Morgan fingerprint density at radius 2 is 2.13 bits per heavy atom. The Hall–Kier alpha value is -1.38. The second-order valence-corrected chi connectivity index (χ2v) is 2.97. The first-order chi connectivity index (χ1) is 7.25.